The molecule has 0 amide bonds. The summed E-state index contributed by atoms with van der Waals surface area (Å²) in [7, 11) is 0. The van der Waals surface area contributed by atoms with Crippen molar-refractivity contribution in [3.8, 4) is 0 Å². The first kappa shape index (κ1) is 10.3. The van der Waals surface area contributed by atoms with Crippen molar-refractivity contribution in [3.05, 3.63) is 35.4 Å². The molecule has 0 saturated heterocycles. The quantitative estimate of drug-likeness (QED) is 0.433. The van der Waals surface area contributed by atoms with Gasteiger partial charge in [0.15, 0.2) is 0 Å². The van der Waals surface area contributed by atoms with E-state index < -0.39 is 4.84 Å². The fourth-order valence-corrected chi connectivity index (χ4v) is 1.43. The highest BCUT2D eigenvalue weighted by Gasteiger charge is 2.07. The first-order chi connectivity index (χ1) is 6.25. The molecule has 0 atom stereocenters. The SMILES string of the molecule is O=C=NCc1ccccc1C(Cl)Cl. The molecule has 0 heterocycles. The standard InChI is InChI=1S/C9H7Cl2NO/c10-9(11)8-4-2-1-3-7(8)5-12-6-13/h1-4,9H,5H2. The maximum absolute atomic E-state index is 9.90. The lowest BCUT2D eigenvalue weighted by atomic mass is 10.1. The van der Waals surface area contributed by atoms with E-state index in [2.05, 4.69) is 4.99 Å². The van der Waals surface area contributed by atoms with Crippen LogP contribution in [0.1, 0.15) is 16.0 Å². The average Bonchev–Trinajstić information content (AvgIpc) is 2.15. The monoisotopic (exact) mass is 215 g/mol. The maximum atomic E-state index is 9.90. The Labute approximate surface area is 86.2 Å². The Hall–Kier alpha value is -0.820. The summed E-state index contributed by atoms with van der Waals surface area (Å²) in [5.74, 6) is 0. The summed E-state index contributed by atoms with van der Waals surface area (Å²) in [4.78, 5) is 12.8. The molecule has 0 bridgehead atoms. The number of alkyl halides is 2. The number of benzene rings is 1. The van der Waals surface area contributed by atoms with Crippen LogP contribution in [0.4, 0.5) is 0 Å². The van der Waals surface area contributed by atoms with E-state index in [0.29, 0.717) is 0 Å². The lowest BCUT2D eigenvalue weighted by Crippen LogP contribution is -1.91. The lowest BCUT2D eigenvalue weighted by molar-refractivity contribution is 0.562. The van der Waals surface area contributed by atoms with E-state index in [1.165, 1.54) is 6.08 Å². The number of halogens is 2. The summed E-state index contributed by atoms with van der Waals surface area (Å²) in [5, 5.41) is 0. The minimum Gasteiger partial charge on any atom is -0.211 e. The zero-order chi connectivity index (χ0) is 9.68. The van der Waals surface area contributed by atoms with Gasteiger partial charge in [-0.05, 0) is 11.1 Å². The number of hydrogen-bond acceptors (Lipinski definition) is 2. The average molecular weight is 216 g/mol. The summed E-state index contributed by atoms with van der Waals surface area (Å²) >= 11 is 11.4. The van der Waals surface area contributed by atoms with Crippen LogP contribution >= 0.6 is 23.2 Å². The predicted octanol–water partition coefficient (Wildman–Crippen LogP) is 3.00. The molecule has 0 aliphatic rings. The summed E-state index contributed by atoms with van der Waals surface area (Å²) in [6.45, 7) is 0.273. The van der Waals surface area contributed by atoms with Crippen molar-refractivity contribution in [1.82, 2.24) is 0 Å². The Morgan fingerprint density at radius 2 is 2.08 bits per heavy atom. The molecule has 0 radical (unpaired) electrons. The van der Waals surface area contributed by atoms with Crippen LogP contribution in [0.2, 0.25) is 0 Å². The molecule has 1 aromatic carbocycles. The van der Waals surface area contributed by atoms with Crippen molar-refractivity contribution in [2.24, 2.45) is 4.99 Å². The number of isocyanates is 1. The van der Waals surface area contributed by atoms with E-state index in [4.69, 9.17) is 23.2 Å². The van der Waals surface area contributed by atoms with Gasteiger partial charge in [0.1, 0.15) is 4.84 Å². The molecule has 0 spiro atoms. The van der Waals surface area contributed by atoms with Crippen molar-refractivity contribution in [3.63, 3.8) is 0 Å². The Morgan fingerprint density at radius 3 is 2.69 bits per heavy atom. The van der Waals surface area contributed by atoms with Crippen LogP contribution in [0.25, 0.3) is 0 Å². The molecule has 0 N–H and O–H groups in total. The molecular weight excluding hydrogens is 209 g/mol. The second-order valence-electron chi connectivity index (χ2n) is 2.41. The first-order valence-corrected chi connectivity index (χ1v) is 4.52. The Morgan fingerprint density at radius 1 is 1.38 bits per heavy atom. The van der Waals surface area contributed by atoms with Crippen LogP contribution in [-0.2, 0) is 11.3 Å². The van der Waals surface area contributed by atoms with Gasteiger partial charge in [-0.1, -0.05) is 24.3 Å². The molecule has 0 unspecified atom stereocenters. The molecule has 0 aliphatic heterocycles. The number of carbonyl (C=O) groups excluding carboxylic acids is 1. The van der Waals surface area contributed by atoms with Gasteiger partial charge in [0.25, 0.3) is 0 Å². The molecule has 2 nitrogen and oxygen atoms in total. The molecule has 0 saturated carbocycles. The van der Waals surface area contributed by atoms with Crippen molar-refractivity contribution in [1.29, 1.82) is 0 Å². The molecular formula is C9H7Cl2NO. The van der Waals surface area contributed by atoms with E-state index in [1.807, 2.05) is 18.2 Å². The number of rotatable bonds is 3. The molecule has 0 aromatic heterocycles. The highest BCUT2D eigenvalue weighted by atomic mass is 35.5. The first-order valence-electron chi connectivity index (χ1n) is 3.65. The van der Waals surface area contributed by atoms with Gasteiger partial charge in [0.05, 0.1) is 6.54 Å². The van der Waals surface area contributed by atoms with Gasteiger partial charge in [0, 0.05) is 0 Å². The summed E-state index contributed by atoms with van der Waals surface area (Å²) in [6, 6.07) is 7.31. The lowest BCUT2D eigenvalue weighted by Gasteiger charge is -2.06. The summed E-state index contributed by atoms with van der Waals surface area (Å²) < 4.78 is 0. The van der Waals surface area contributed by atoms with Crippen LogP contribution in [0.15, 0.2) is 29.3 Å². The van der Waals surface area contributed by atoms with Crippen molar-refractivity contribution >= 4 is 29.3 Å². The van der Waals surface area contributed by atoms with Gasteiger partial charge in [-0.3, -0.25) is 0 Å². The zero-order valence-corrected chi connectivity index (χ0v) is 8.22. The molecule has 0 fully saturated rings. The third kappa shape index (κ3) is 2.85. The van der Waals surface area contributed by atoms with E-state index in [0.717, 1.165) is 11.1 Å². The molecule has 1 rings (SSSR count). The highest BCUT2D eigenvalue weighted by Crippen LogP contribution is 2.27. The summed E-state index contributed by atoms with van der Waals surface area (Å²) in [5.41, 5.74) is 1.63. The van der Waals surface area contributed by atoms with Crippen molar-refractivity contribution in [2.75, 3.05) is 0 Å². The number of nitrogens with zero attached hydrogens (tertiary/aromatic N) is 1. The molecule has 1 aromatic rings. The fraction of sp³-hybridized carbons (Fsp3) is 0.222. The minimum atomic E-state index is -0.585. The molecule has 0 aliphatic carbocycles. The number of aliphatic imine (C=N–C) groups is 1. The molecule has 68 valence electrons. The maximum Gasteiger partial charge on any atom is 0.235 e. The van der Waals surface area contributed by atoms with Gasteiger partial charge >= 0.3 is 0 Å². The van der Waals surface area contributed by atoms with E-state index >= 15 is 0 Å². The highest BCUT2D eigenvalue weighted by molar-refractivity contribution is 6.44. The van der Waals surface area contributed by atoms with Gasteiger partial charge in [0.2, 0.25) is 6.08 Å². The van der Waals surface area contributed by atoms with Crippen molar-refractivity contribution < 1.29 is 4.79 Å². The van der Waals surface area contributed by atoms with Crippen LogP contribution < -0.4 is 0 Å². The molecule has 4 heteroatoms. The van der Waals surface area contributed by atoms with E-state index in [9.17, 15) is 4.79 Å². The van der Waals surface area contributed by atoms with Gasteiger partial charge in [-0.2, -0.15) is 0 Å². The fourth-order valence-electron chi connectivity index (χ4n) is 1.01. The van der Waals surface area contributed by atoms with Crippen LogP contribution in [0.5, 0.6) is 0 Å². The second-order valence-corrected chi connectivity index (χ2v) is 3.50. The Bertz CT molecular complexity index is 332. The van der Waals surface area contributed by atoms with Gasteiger partial charge in [-0.25, -0.2) is 9.79 Å². The van der Waals surface area contributed by atoms with Gasteiger partial charge < -0.3 is 0 Å². The van der Waals surface area contributed by atoms with E-state index in [-0.39, 0.29) is 6.54 Å². The second kappa shape index (κ2) is 5.03. The largest absolute Gasteiger partial charge is 0.235 e. The van der Waals surface area contributed by atoms with Crippen molar-refractivity contribution in [2.45, 2.75) is 11.4 Å². The Kier molecular flexibility index (Phi) is 3.97. The topological polar surface area (TPSA) is 29.4 Å². The smallest absolute Gasteiger partial charge is 0.211 e. The van der Waals surface area contributed by atoms with Crippen LogP contribution in [0.3, 0.4) is 0 Å². The third-order valence-electron chi connectivity index (χ3n) is 1.60. The third-order valence-corrected chi connectivity index (χ3v) is 2.07. The van der Waals surface area contributed by atoms with Crippen LogP contribution in [0, 0.1) is 0 Å². The Balaban J connectivity index is 2.97. The van der Waals surface area contributed by atoms with Gasteiger partial charge in [-0.15, -0.1) is 23.2 Å². The predicted molar refractivity (Wildman–Crippen MR) is 52.7 cm³/mol. The normalized spacial score (nSPS) is 9.77. The summed E-state index contributed by atoms with van der Waals surface area (Å²) in [6.07, 6.45) is 1.47. The molecule has 13 heavy (non-hydrogen) atoms. The van der Waals surface area contributed by atoms with Crippen LogP contribution in [-0.4, -0.2) is 6.08 Å². The van der Waals surface area contributed by atoms with E-state index in [1.54, 1.807) is 6.07 Å². The zero-order valence-electron chi connectivity index (χ0n) is 6.71. The number of hydrogen-bond donors (Lipinski definition) is 0. The minimum absolute atomic E-state index is 0.273.